The van der Waals surface area contributed by atoms with Gasteiger partial charge in [-0.3, -0.25) is 14.9 Å². The molecule has 1 fully saturated rings. The monoisotopic (exact) mass is 424 g/mol. The second kappa shape index (κ2) is 7.82. The first-order valence-electron chi connectivity index (χ1n) is 9.14. The molecule has 2 aromatic rings. The van der Waals surface area contributed by atoms with Crippen LogP contribution in [0.3, 0.4) is 0 Å². The lowest BCUT2D eigenvalue weighted by Crippen LogP contribution is -2.54. The number of carbonyl (C=O) groups is 4. The summed E-state index contributed by atoms with van der Waals surface area (Å²) in [6.07, 6.45) is 0.297. The Kier molecular flexibility index (Phi) is 5.04. The molecule has 10 nitrogen and oxygen atoms in total. The van der Waals surface area contributed by atoms with Crippen LogP contribution in [-0.2, 0) is 14.4 Å². The predicted molar refractivity (Wildman–Crippen MR) is 106 cm³/mol. The fraction of sp³-hybridized carbons (Fsp3) is 0.143. The minimum atomic E-state index is -1.11. The lowest BCUT2D eigenvalue weighted by molar-refractivity contribution is -0.144. The van der Waals surface area contributed by atoms with Gasteiger partial charge >= 0.3 is 12.0 Å². The van der Waals surface area contributed by atoms with E-state index in [1.165, 1.54) is 37.3 Å². The fourth-order valence-corrected chi connectivity index (χ4v) is 2.98. The number of barbiturate groups is 1. The van der Waals surface area contributed by atoms with Crippen molar-refractivity contribution < 1.29 is 38.5 Å². The van der Waals surface area contributed by atoms with Crippen LogP contribution in [0.2, 0.25) is 0 Å². The molecule has 0 saturated carbocycles. The van der Waals surface area contributed by atoms with Gasteiger partial charge in [0, 0.05) is 6.07 Å². The van der Waals surface area contributed by atoms with Crippen LogP contribution in [0.5, 0.6) is 17.2 Å². The lowest BCUT2D eigenvalue weighted by Gasteiger charge is -2.26. The standard InChI is InChI=1S/C21H16N2O8/c1-11(20(26)27)31-14-5-2-12(3-6-14)8-15-18(24)22-21(28)23(19(15)25)13-4-7-16-17(9-13)30-10-29-16/h2-9,11H,10H2,1H3,(H,26,27)(H,22,24,28)/b15-8+/t11-/m1/s1. The molecule has 2 aromatic carbocycles. The van der Waals surface area contributed by atoms with Crippen molar-refractivity contribution in [1.29, 1.82) is 0 Å². The first kappa shape index (κ1) is 20.0. The summed E-state index contributed by atoms with van der Waals surface area (Å²) < 4.78 is 15.7. The van der Waals surface area contributed by atoms with E-state index in [-0.39, 0.29) is 18.1 Å². The molecular weight excluding hydrogens is 408 g/mol. The molecule has 0 radical (unpaired) electrons. The van der Waals surface area contributed by atoms with Crippen molar-refractivity contribution in [3.63, 3.8) is 0 Å². The molecule has 2 aliphatic rings. The van der Waals surface area contributed by atoms with Gasteiger partial charge in [-0.25, -0.2) is 14.5 Å². The van der Waals surface area contributed by atoms with Gasteiger partial charge in [0.05, 0.1) is 5.69 Å². The summed E-state index contributed by atoms with van der Waals surface area (Å²) in [5, 5.41) is 11.0. The Balaban J connectivity index is 1.59. The topological polar surface area (TPSA) is 131 Å². The smallest absolute Gasteiger partial charge is 0.344 e. The maximum Gasteiger partial charge on any atom is 0.344 e. The predicted octanol–water partition coefficient (Wildman–Crippen LogP) is 1.93. The number of carboxylic acids is 1. The number of imide groups is 2. The summed E-state index contributed by atoms with van der Waals surface area (Å²) in [5.74, 6) is -1.55. The highest BCUT2D eigenvalue weighted by Gasteiger charge is 2.37. The molecule has 0 aliphatic carbocycles. The summed E-state index contributed by atoms with van der Waals surface area (Å²) in [7, 11) is 0. The first-order valence-corrected chi connectivity index (χ1v) is 9.14. The third kappa shape index (κ3) is 3.90. The molecule has 31 heavy (non-hydrogen) atoms. The number of rotatable bonds is 5. The third-order valence-corrected chi connectivity index (χ3v) is 4.57. The molecule has 4 amide bonds. The number of carboxylic acid groups (broad SMARTS) is 1. The largest absolute Gasteiger partial charge is 0.479 e. The molecule has 0 aromatic heterocycles. The zero-order chi connectivity index (χ0) is 22.1. The van der Waals surface area contributed by atoms with Crippen molar-refractivity contribution in [3.8, 4) is 17.2 Å². The maximum atomic E-state index is 13.0. The highest BCUT2D eigenvalue weighted by atomic mass is 16.7. The van der Waals surface area contributed by atoms with E-state index in [0.29, 0.717) is 22.8 Å². The van der Waals surface area contributed by atoms with E-state index in [1.54, 1.807) is 18.2 Å². The van der Waals surface area contributed by atoms with Crippen LogP contribution in [0.1, 0.15) is 12.5 Å². The van der Waals surface area contributed by atoms with Gasteiger partial charge in [0.2, 0.25) is 6.79 Å². The number of fused-ring (bicyclic) bond motifs is 1. The average molecular weight is 424 g/mol. The average Bonchev–Trinajstić information content (AvgIpc) is 3.20. The molecule has 4 rings (SSSR count). The molecule has 2 heterocycles. The van der Waals surface area contributed by atoms with Gasteiger partial charge in [0.25, 0.3) is 11.8 Å². The summed E-state index contributed by atoms with van der Waals surface area (Å²) in [6, 6.07) is 9.80. The molecule has 0 bridgehead atoms. The molecule has 1 atom stereocenters. The molecule has 1 saturated heterocycles. The van der Waals surface area contributed by atoms with Crippen molar-refractivity contribution >= 4 is 35.6 Å². The van der Waals surface area contributed by atoms with Gasteiger partial charge in [-0.2, -0.15) is 0 Å². The number of carbonyl (C=O) groups excluding carboxylic acids is 3. The van der Waals surface area contributed by atoms with Crippen LogP contribution in [0.4, 0.5) is 10.5 Å². The molecule has 10 heteroatoms. The quantitative estimate of drug-likeness (QED) is 0.550. The van der Waals surface area contributed by atoms with E-state index in [4.69, 9.17) is 19.3 Å². The van der Waals surface area contributed by atoms with E-state index in [2.05, 4.69) is 5.32 Å². The Morgan fingerprint density at radius 2 is 1.84 bits per heavy atom. The SMILES string of the molecule is C[C@@H](Oc1ccc(/C=C2\C(=O)NC(=O)N(c3ccc4c(c3)OCO4)C2=O)cc1)C(=O)O. The molecular formula is C21H16N2O8. The highest BCUT2D eigenvalue weighted by molar-refractivity contribution is 6.39. The van der Waals surface area contributed by atoms with E-state index < -0.39 is 29.9 Å². The molecule has 158 valence electrons. The maximum absolute atomic E-state index is 13.0. The summed E-state index contributed by atoms with van der Waals surface area (Å²) in [6.45, 7) is 1.43. The van der Waals surface area contributed by atoms with E-state index in [9.17, 15) is 19.2 Å². The van der Waals surface area contributed by atoms with Gasteiger partial charge in [-0.15, -0.1) is 0 Å². The van der Waals surface area contributed by atoms with Crippen LogP contribution in [0, 0.1) is 0 Å². The van der Waals surface area contributed by atoms with Gasteiger partial charge in [0.1, 0.15) is 11.3 Å². The summed E-state index contributed by atoms with van der Waals surface area (Å²) in [5.41, 5.74) is 0.454. The van der Waals surface area contributed by atoms with Crippen LogP contribution < -0.4 is 24.4 Å². The number of ether oxygens (including phenoxy) is 3. The second-order valence-electron chi connectivity index (χ2n) is 6.66. The Hall–Kier alpha value is -4.34. The number of nitrogens with zero attached hydrogens (tertiary/aromatic N) is 1. The van der Waals surface area contributed by atoms with E-state index in [1.807, 2.05) is 0 Å². The van der Waals surface area contributed by atoms with Gasteiger partial charge in [0.15, 0.2) is 17.6 Å². The van der Waals surface area contributed by atoms with Crippen LogP contribution in [-0.4, -0.2) is 41.8 Å². The first-order chi connectivity index (χ1) is 14.8. The van der Waals surface area contributed by atoms with Crippen LogP contribution in [0.15, 0.2) is 48.0 Å². The van der Waals surface area contributed by atoms with Crippen molar-refractivity contribution in [2.24, 2.45) is 0 Å². The third-order valence-electron chi connectivity index (χ3n) is 4.57. The molecule has 0 spiro atoms. The van der Waals surface area contributed by atoms with Crippen molar-refractivity contribution in [1.82, 2.24) is 5.32 Å². The summed E-state index contributed by atoms with van der Waals surface area (Å²) in [4.78, 5) is 49.3. The number of anilines is 1. The van der Waals surface area contributed by atoms with Gasteiger partial charge in [-0.05, 0) is 42.8 Å². The number of amides is 4. The molecule has 0 unspecified atom stereocenters. The Morgan fingerprint density at radius 3 is 2.55 bits per heavy atom. The van der Waals surface area contributed by atoms with Gasteiger partial charge in [-0.1, -0.05) is 12.1 Å². The highest BCUT2D eigenvalue weighted by Crippen LogP contribution is 2.36. The Morgan fingerprint density at radius 1 is 1.13 bits per heavy atom. The number of urea groups is 1. The van der Waals surface area contributed by atoms with E-state index in [0.717, 1.165) is 4.90 Å². The fourth-order valence-electron chi connectivity index (χ4n) is 2.98. The minimum Gasteiger partial charge on any atom is -0.479 e. The molecule has 2 N–H and O–H groups in total. The Labute approximate surface area is 175 Å². The second-order valence-corrected chi connectivity index (χ2v) is 6.66. The lowest BCUT2D eigenvalue weighted by atomic mass is 10.1. The van der Waals surface area contributed by atoms with Crippen molar-refractivity contribution in [2.45, 2.75) is 13.0 Å². The number of hydrogen-bond acceptors (Lipinski definition) is 7. The summed E-state index contributed by atoms with van der Waals surface area (Å²) >= 11 is 0. The van der Waals surface area contributed by atoms with Crippen molar-refractivity contribution in [2.75, 3.05) is 11.7 Å². The minimum absolute atomic E-state index is 0.0352. The normalized spacial score (nSPS) is 17.5. The zero-order valence-electron chi connectivity index (χ0n) is 16.2. The number of hydrogen-bond donors (Lipinski definition) is 2. The van der Waals surface area contributed by atoms with Crippen molar-refractivity contribution in [3.05, 3.63) is 53.6 Å². The van der Waals surface area contributed by atoms with E-state index >= 15 is 0 Å². The molecule has 2 aliphatic heterocycles. The number of nitrogens with one attached hydrogen (secondary N) is 1. The zero-order valence-corrected chi connectivity index (χ0v) is 16.2. The number of aliphatic carboxylic acids is 1. The van der Waals surface area contributed by atoms with Crippen LogP contribution in [0.25, 0.3) is 6.08 Å². The number of benzene rings is 2. The van der Waals surface area contributed by atoms with Crippen LogP contribution >= 0.6 is 0 Å². The Bertz CT molecular complexity index is 1120. The van der Waals surface area contributed by atoms with Gasteiger partial charge < -0.3 is 19.3 Å².